The van der Waals surface area contributed by atoms with Crippen LogP contribution in [0.3, 0.4) is 0 Å². The van der Waals surface area contributed by atoms with Gasteiger partial charge in [0.05, 0.1) is 4.92 Å². The monoisotopic (exact) mass is 327 g/mol. The van der Waals surface area contributed by atoms with E-state index in [1.54, 1.807) is 0 Å². The van der Waals surface area contributed by atoms with Crippen molar-refractivity contribution >= 4 is 23.0 Å². The summed E-state index contributed by atoms with van der Waals surface area (Å²) >= 11 is 0. The van der Waals surface area contributed by atoms with Crippen LogP contribution in [0.15, 0.2) is 30.6 Å². The molecular formula is C17H21N5O2. The maximum absolute atomic E-state index is 11.6. The van der Waals surface area contributed by atoms with Crippen LogP contribution >= 0.6 is 0 Å². The van der Waals surface area contributed by atoms with E-state index in [-0.39, 0.29) is 23.4 Å². The van der Waals surface area contributed by atoms with Crippen molar-refractivity contribution < 1.29 is 4.92 Å². The molecule has 2 aromatic rings. The minimum atomic E-state index is -0.427. The minimum Gasteiger partial charge on any atom is -0.361 e. The molecular weight excluding hydrogens is 306 g/mol. The van der Waals surface area contributed by atoms with Crippen LogP contribution in [-0.2, 0) is 0 Å². The van der Waals surface area contributed by atoms with Gasteiger partial charge in [-0.2, -0.15) is 0 Å². The van der Waals surface area contributed by atoms with Crippen molar-refractivity contribution in [2.24, 2.45) is 0 Å². The van der Waals surface area contributed by atoms with Gasteiger partial charge in [-0.3, -0.25) is 10.1 Å². The normalized spacial score (nSPS) is 15.0. The predicted octanol–water partition coefficient (Wildman–Crippen LogP) is 4.18. The number of aromatic nitrogens is 2. The summed E-state index contributed by atoms with van der Waals surface area (Å²) < 4.78 is 0. The van der Waals surface area contributed by atoms with E-state index in [1.165, 1.54) is 12.7 Å². The van der Waals surface area contributed by atoms with Gasteiger partial charge in [0.1, 0.15) is 6.33 Å². The number of benzene rings is 1. The third-order valence-electron chi connectivity index (χ3n) is 4.23. The van der Waals surface area contributed by atoms with Crippen LogP contribution < -0.4 is 10.6 Å². The summed E-state index contributed by atoms with van der Waals surface area (Å²) in [5.41, 5.74) is 1.72. The second-order valence-electron chi connectivity index (χ2n) is 6.15. The van der Waals surface area contributed by atoms with E-state index in [0.717, 1.165) is 36.9 Å². The molecule has 1 saturated carbocycles. The van der Waals surface area contributed by atoms with E-state index in [1.807, 2.05) is 31.2 Å². The minimum absolute atomic E-state index is 0.107. The van der Waals surface area contributed by atoms with Crippen molar-refractivity contribution in [3.63, 3.8) is 0 Å². The third-order valence-corrected chi connectivity index (χ3v) is 4.23. The molecule has 1 aliphatic carbocycles. The highest BCUT2D eigenvalue weighted by molar-refractivity contribution is 5.74. The molecule has 0 aliphatic heterocycles. The van der Waals surface area contributed by atoms with Gasteiger partial charge in [0.15, 0.2) is 0 Å². The first-order chi connectivity index (χ1) is 11.6. The average Bonchev–Trinajstić information content (AvgIpc) is 2.56. The zero-order valence-corrected chi connectivity index (χ0v) is 13.7. The topological polar surface area (TPSA) is 93.0 Å². The van der Waals surface area contributed by atoms with Gasteiger partial charge < -0.3 is 10.6 Å². The van der Waals surface area contributed by atoms with Crippen LogP contribution in [0.4, 0.5) is 23.0 Å². The second kappa shape index (κ2) is 7.25. The fourth-order valence-corrected chi connectivity index (χ4v) is 3.05. The van der Waals surface area contributed by atoms with E-state index in [2.05, 4.69) is 20.6 Å². The molecule has 126 valence electrons. The van der Waals surface area contributed by atoms with Crippen molar-refractivity contribution in [3.8, 4) is 0 Å². The zero-order valence-electron chi connectivity index (χ0n) is 13.7. The van der Waals surface area contributed by atoms with E-state index in [9.17, 15) is 10.1 Å². The van der Waals surface area contributed by atoms with E-state index < -0.39 is 4.92 Å². The molecule has 2 N–H and O–H groups in total. The molecule has 0 saturated heterocycles. The van der Waals surface area contributed by atoms with Crippen molar-refractivity contribution in [3.05, 3.63) is 46.3 Å². The summed E-state index contributed by atoms with van der Waals surface area (Å²) in [6.45, 7) is 1.97. The van der Waals surface area contributed by atoms with Gasteiger partial charge in [0, 0.05) is 11.7 Å². The first kappa shape index (κ1) is 16.2. The summed E-state index contributed by atoms with van der Waals surface area (Å²) in [5, 5.41) is 17.9. The highest BCUT2D eigenvalue weighted by Gasteiger charge is 2.25. The molecule has 0 atom stereocenters. The summed E-state index contributed by atoms with van der Waals surface area (Å²) in [7, 11) is 0. The fourth-order valence-electron chi connectivity index (χ4n) is 3.05. The van der Waals surface area contributed by atoms with Crippen LogP contribution in [0.2, 0.25) is 0 Å². The van der Waals surface area contributed by atoms with Crippen molar-refractivity contribution in [2.75, 3.05) is 10.6 Å². The lowest BCUT2D eigenvalue weighted by molar-refractivity contribution is -0.383. The maximum Gasteiger partial charge on any atom is 0.353 e. The lowest BCUT2D eigenvalue weighted by Crippen LogP contribution is -2.23. The number of hydrogen-bond donors (Lipinski definition) is 2. The summed E-state index contributed by atoms with van der Waals surface area (Å²) in [6, 6.07) is 7.87. The standard InChI is InChI=1S/C17H21N5O2/c1-12-6-5-9-14(10-12)21-17-15(22(23)24)16(18-11-19-17)20-13-7-3-2-4-8-13/h5-6,9-11,13H,2-4,7-8H2,1H3,(H2,18,19,20,21). The molecule has 0 spiro atoms. The Morgan fingerprint density at radius 3 is 2.62 bits per heavy atom. The third kappa shape index (κ3) is 3.79. The van der Waals surface area contributed by atoms with Crippen molar-refractivity contribution in [1.29, 1.82) is 0 Å². The average molecular weight is 327 g/mol. The van der Waals surface area contributed by atoms with Crippen molar-refractivity contribution in [1.82, 2.24) is 9.97 Å². The molecule has 1 heterocycles. The molecule has 24 heavy (non-hydrogen) atoms. The molecule has 0 amide bonds. The Morgan fingerprint density at radius 1 is 1.17 bits per heavy atom. The summed E-state index contributed by atoms with van der Waals surface area (Å²) in [4.78, 5) is 19.3. The molecule has 0 radical (unpaired) electrons. The smallest absolute Gasteiger partial charge is 0.353 e. The number of rotatable bonds is 5. The first-order valence-corrected chi connectivity index (χ1v) is 8.23. The van der Waals surface area contributed by atoms with E-state index in [0.29, 0.717) is 0 Å². The SMILES string of the molecule is Cc1cccc(Nc2ncnc(NC3CCCCC3)c2[N+](=O)[O-])c1. The number of nitrogens with zero attached hydrogens (tertiary/aromatic N) is 3. The molecule has 3 rings (SSSR count). The number of aryl methyl sites for hydroxylation is 1. The van der Waals surface area contributed by atoms with Crippen LogP contribution in [0.25, 0.3) is 0 Å². The molecule has 0 bridgehead atoms. The number of hydrogen-bond acceptors (Lipinski definition) is 6. The number of nitro groups is 1. The van der Waals surface area contributed by atoms with Crippen molar-refractivity contribution in [2.45, 2.75) is 45.1 Å². The van der Waals surface area contributed by atoms with E-state index >= 15 is 0 Å². The Labute approximate surface area is 140 Å². The number of anilines is 3. The second-order valence-corrected chi connectivity index (χ2v) is 6.15. The molecule has 0 unspecified atom stereocenters. The molecule has 1 aromatic carbocycles. The first-order valence-electron chi connectivity index (χ1n) is 8.23. The maximum atomic E-state index is 11.6. The highest BCUT2D eigenvalue weighted by Crippen LogP contribution is 2.33. The highest BCUT2D eigenvalue weighted by atomic mass is 16.6. The Hall–Kier alpha value is -2.70. The Morgan fingerprint density at radius 2 is 1.92 bits per heavy atom. The Balaban J connectivity index is 1.88. The van der Waals surface area contributed by atoms with Gasteiger partial charge in [-0.1, -0.05) is 31.4 Å². The number of nitrogens with one attached hydrogen (secondary N) is 2. The van der Waals surface area contributed by atoms with E-state index in [4.69, 9.17) is 0 Å². The Kier molecular flexibility index (Phi) is 4.88. The van der Waals surface area contributed by atoms with Crippen LogP contribution in [0.1, 0.15) is 37.7 Å². The van der Waals surface area contributed by atoms with Gasteiger partial charge in [-0.05, 0) is 37.5 Å². The molecule has 7 nitrogen and oxygen atoms in total. The Bertz CT molecular complexity index is 729. The van der Waals surface area contributed by atoms with Gasteiger partial charge in [0.25, 0.3) is 0 Å². The largest absolute Gasteiger partial charge is 0.361 e. The van der Waals surface area contributed by atoms with Gasteiger partial charge in [-0.25, -0.2) is 9.97 Å². The fraction of sp³-hybridized carbons (Fsp3) is 0.412. The zero-order chi connectivity index (χ0) is 16.9. The quantitative estimate of drug-likeness (QED) is 0.632. The molecule has 1 aliphatic rings. The lowest BCUT2D eigenvalue weighted by atomic mass is 9.95. The summed E-state index contributed by atoms with van der Waals surface area (Å²) in [5.74, 6) is 0.496. The van der Waals surface area contributed by atoms with Crippen LogP contribution in [0.5, 0.6) is 0 Å². The van der Waals surface area contributed by atoms with Crippen LogP contribution in [-0.4, -0.2) is 20.9 Å². The van der Waals surface area contributed by atoms with Crippen LogP contribution in [0, 0.1) is 17.0 Å². The molecule has 1 aromatic heterocycles. The van der Waals surface area contributed by atoms with Gasteiger partial charge in [0.2, 0.25) is 11.6 Å². The molecule has 7 heteroatoms. The predicted molar refractivity (Wildman–Crippen MR) is 93.6 cm³/mol. The van der Waals surface area contributed by atoms with Gasteiger partial charge >= 0.3 is 5.69 Å². The van der Waals surface area contributed by atoms with Gasteiger partial charge in [-0.15, -0.1) is 0 Å². The lowest BCUT2D eigenvalue weighted by Gasteiger charge is -2.23. The summed E-state index contributed by atoms with van der Waals surface area (Å²) in [6.07, 6.45) is 6.90. The molecule has 1 fully saturated rings.